The first-order valence-corrected chi connectivity index (χ1v) is 7.79. The lowest BCUT2D eigenvalue weighted by molar-refractivity contribution is -0.138. The second kappa shape index (κ2) is 6.55. The van der Waals surface area contributed by atoms with E-state index in [1.165, 1.54) is 32.2 Å². The minimum atomic E-state index is 0.276. The predicted molar refractivity (Wildman–Crippen MR) is 74.5 cm³/mol. The lowest BCUT2D eigenvalue weighted by atomic mass is 9.97. The number of rotatable bonds is 5. The van der Waals surface area contributed by atoms with Gasteiger partial charge in [0.15, 0.2) is 0 Å². The Morgan fingerprint density at radius 2 is 2.11 bits per heavy atom. The van der Waals surface area contributed by atoms with Gasteiger partial charge in [0.25, 0.3) is 0 Å². The molecular formula is C15H28N2O. The molecule has 0 saturated carbocycles. The van der Waals surface area contributed by atoms with Crippen molar-refractivity contribution in [2.45, 2.75) is 58.4 Å². The van der Waals surface area contributed by atoms with Crippen LogP contribution in [0, 0.1) is 5.92 Å². The summed E-state index contributed by atoms with van der Waals surface area (Å²) < 4.78 is 0. The van der Waals surface area contributed by atoms with Gasteiger partial charge in [-0.3, -0.25) is 9.69 Å². The molecule has 2 rings (SSSR count). The van der Waals surface area contributed by atoms with Crippen LogP contribution < -0.4 is 0 Å². The number of hydrogen-bond donors (Lipinski definition) is 0. The number of piperazine rings is 1. The molecule has 2 aliphatic heterocycles. The van der Waals surface area contributed by atoms with Gasteiger partial charge >= 0.3 is 0 Å². The van der Waals surface area contributed by atoms with Crippen LogP contribution in [-0.4, -0.2) is 47.9 Å². The summed E-state index contributed by atoms with van der Waals surface area (Å²) in [6, 6.07) is 0.659. The van der Waals surface area contributed by atoms with Crippen molar-refractivity contribution in [3.63, 3.8) is 0 Å². The summed E-state index contributed by atoms with van der Waals surface area (Å²) in [5.74, 6) is 0.704. The third-order valence-electron chi connectivity index (χ3n) is 4.65. The van der Waals surface area contributed by atoms with Gasteiger partial charge in [0.2, 0.25) is 5.91 Å². The summed E-state index contributed by atoms with van der Waals surface area (Å²) in [6.07, 6.45) is 7.07. The van der Waals surface area contributed by atoms with Crippen LogP contribution in [0.1, 0.15) is 52.4 Å². The van der Waals surface area contributed by atoms with E-state index in [1.54, 1.807) is 0 Å². The lowest BCUT2D eigenvalue weighted by Crippen LogP contribution is -2.53. The summed E-state index contributed by atoms with van der Waals surface area (Å²) >= 11 is 0. The normalized spacial score (nSPS) is 26.1. The molecular weight excluding hydrogens is 224 g/mol. The minimum absolute atomic E-state index is 0.276. The molecule has 2 fully saturated rings. The van der Waals surface area contributed by atoms with Crippen LogP contribution >= 0.6 is 0 Å². The Labute approximate surface area is 112 Å². The van der Waals surface area contributed by atoms with E-state index in [4.69, 9.17) is 0 Å². The van der Waals surface area contributed by atoms with Crippen molar-refractivity contribution in [2.24, 2.45) is 5.92 Å². The van der Waals surface area contributed by atoms with Crippen LogP contribution in [0.4, 0.5) is 0 Å². The molecule has 104 valence electrons. The van der Waals surface area contributed by atoms with E-state index in [2.05, 4.69) is 23.6 Å². The molecule has 2 heterocycles. The zero-order chi connectivity index (χ0) is 13.0. The molecule has 0 radical (unpaired) electrons. The van der Waals surface area contributed by atoms with Crippen LogP contribution in [0.5, 0.6) is 0 Å². The van der Waals surface area contributed by atoms with Gasteiger partial charge in [-0.1, -0.05) is 26.7 Å². The molecule has 0 N–H and O–H groups in total. The van der Waals surface area contributed by atoms with Crippen molar-refractivity contribution in [2.75, 3.05) is 26.2 Å². The predicted octanol–water partition coefficient (Wildman–Crippen LogP) is 2.51. The molecule has 1 amide bonds. The number of fused-ring (bicyclic) bond motifs is 1. The third kappa shape index (κ3) is 3.05. The maximum Gasteiger partial charge on any atom is 0.225 e. The van der Waals surface area contributed by atoms with Crippen LogP contribution in [-0.2, 0) is 4.79 Å². The molecule has 0 aromatic heterocycles. The SMILES string of the molecule is CCCC[C@H](CC)C(=O)N1CCN2CCC[C@@H]2C1. The quantitative estimate of drug-likeness (QED) is 0.750. The van der Waals surface area contributed by atoms with Gasteiger partial charge in [-0.15, -0.1) is 0 Å². The Hall–Kier alpha value is -0.570. The highest BCUT2D eigenvalue weighted by molar-refractivity contribution is 5.79. The Morgan fingerprint density at radius 1 is 1.28 bits per heavy atom. The average molecular weight is 252 g/mol. The van der Waals surface area contributed by atoms with E-state index in [9.17, 15) is 4.79 Å². The molecule has 2 saturated heterocycles. The fourth-order valence-corrected chi connectivity index (χ4v) is 3.40. The lowest BCUT2D eigenvalue weighted by Gasteiger charge is -2.39. The van der Waals surface area contributed by atoms with Crippen molar-refractivity contribution >= 4 is 5.91 Å². The first-order chi connectivity index (χ1) is 8.76. The Balaban J connectivity index is 1.87. The van der Waals surface area contributed by atoms with Crippen molar-refractivity contribution in [3.8, 4) is 0 Å². The molecule has 0 unspecified atom stereocenters. The third-order valence-corrected chi connectivity index (χ3v) is 4.65. The van der Waals surface area contributed by atoms with Gasteiger partial charge in [0, 0.05) is 31.6 Å². The topological polar surface area (TPSA) is 23.6 Å². The summed E-state index contributed by atoms with van der Waals surface area (Å²) in [4.78, 5) is 17.2. The second-order valence-electron chi connectivity index (χ2n) is 5.86. The maximum atomic E-state index is 12.5. The van der Waals surface area contributed by atoms with Crippen LogP contribution in [0.25, 0.3) is 0 Å². The molecule has 18 heavy (non-hydrogen) atoms. The zero-order valence-corrected chi connectivity index (χ0v) is 12.0. The molecule has 3 heteroatoms. The van der Waals surface area contributed by atoms with E-state index in [-0.39, 0.29) is 5.92 Å². The zero-order valence-electron chi connectivity index (χ0n) is 12.0. The van der Waals surface area contributed by atoms with Crippen molar-refractivity contribution in [1.29, 1.82) is 0 Å². The van der Waals surface area contributed by atoms with E-state index in [0.29, 0.717) is 11.9 Å². The standard InChI is InChI=1S/C15H28N2O/c1-3-5-7-13(4-2)15(18)17-11-10-16-9-6-8-14(16)12-17/h13-14H,3-12H2,1-2H3/t13-,14+/m0/s1. The monoisotopic (exact) mass is 252 g/mol. The smallest absolute Gasteiger partial charge is 0.225 e. The summed E-state index contributed by atoms with van der Waals surface area (Å²) in [6.45, 7) is 8.65. The average Bonchev–Trinajstić information content (AvgIpc) is 2.86. The van der Waals surface area contributed by atoms with Gasteiger partial charge < -0.3 is 4.90 Å². The van der Waals surface area contributed by atoms with Crippen LogP contribution in [0.3, 0.4) is 0 Å². The minimum Gasteiger partial charge on any atom is -0.340 e. The van der Waals surface area contributed by atoms with Crippen molar-refractivity contribution in [1.82, 2.24) is 9.80 Å². The van der Waals surface area contributed by atoms with Crippen LogP contribution in [0.15, 0.2) is 0 Å². The first kappa shape index (κ1) is 13.9. The molecule has 0 aromatic carbocycles. The number of amides is 1. The molecule has 2 atom stereocenters. The number of unbranched alkanes of at least 4 members (excludes halogenated alkanes) is 1. The Kier molecular flexibility index (Phi) is 5.04. The van der Waals surface area contributed by atoms with Gasteiger partial charge in [0.1, 0.15) is 0 Å². The van der Waals surface area contributed by atoms with Gasteiger partial charge in [-0.25, -0.2) is 0 Å². The van der Waals surface area contributed by atoms with Gasteiger partial charge in [-0.05, 0) is 32.2 Å². The largest absolute Gasteiger partial charge is 0.340 e. The molecule has 0 spiro atoms. The summed E-state index contributed by atoms with van der Waals surface area (Å²) in [5, 5.41) is 0. The highest BCUT2D eigenvalue weighted by atomic mass is 16.2. The van der Waals surface area contributed by atoms with Crippen molar-refractivity contribution < 1.29 is 4.79 Å². The molecule has 0 aromatic rings. The maximum absolute atomic E-state index is 12.5. The van der Waals surface area contributed by atoms with E-state index in [1.807, 2.05) is 0 Å². The summed E-state index contributed by atoms with van der Waals surface area (Å²) in [5.41, 5.74) is 0. The van der Waals surface area contributed by atoms with Gasteiger partial charge in [-0.2, -0.15) is 0 Å². The van der Waals surface area contributed by atoms with Crippen LogP contribution in [0.2, 0.25) is 0 Å². The molecule has 0 aliphatic carbocycles. The van der Waals surface area contributed by atoms with E-state index >= 15 is 0 Å². The van der Waals surface area contributed by atoms with E-state index in [0.717, 1.165) is 32.5 Å². The molecule has 3 nitrogen and oxygen atoms in total. The highest BCUT2D eigenvalue weighted by Crippen LogP contribution is 2.24. The van der Waals surface area contributed by atoms with Gasteiger partial charge in [0.05, 0.1) is 0 Å². The number of carbonyl (C=O) groups excluding carboxylic acids is 1. The molecule has 0 bridgehead atoms. The molecule has 2 aliphatic rings. The highest BCUT2D eigenvalue weighted by Gasteiger charge is 2.34. The van der Waals surface area contributed by atoms with Crippen molar-refractivity contribution in [3.05, 3.63) is 0 Å². The van der Waals surface area contributed by atoms with E-state index < -0.39 is 0 Å². The summed E-state index contributed by atoms with van der Waals surface area (Å²) in [7, 11) is 0. The Bertz CT molecular complexity index is 280. The Morgan fingerprint density at radius 3 is 2.83 bits per heavy atom. The number of carbonyl (C=O) groups is 1. The fourth-order valence-electron chi connectivity index (χ4n) is 3.40. The second-order valence-corrected chi connectivity index (χ2v) is 5.86. The first-order valence-electron chi connectivity index (χ1n) is 7.79. The number of hydrogen-bond acceptors (Lipinski definition) is 2. The fraction of sp³-hybridized carbons (Fsp3) is 0.933. The number of nitrogens with zero attached hydrogens (tertiary/aromatic N) is 2.